The summed E-state index contributed by atoms with van der Waals surface area (Å²) < 4.78 is 12.8. The highest BCUT2D eigenvalue weighted by molar-refractivity contribution is 7.12. The van der Waals surface area contributed by atoms with Gasteiger partial charge in [-0.2, -0.15) is 0 Å². The Balaban J connectivity index is 2.39. The van der Waals surface area contributed by atoms with Crippen molar-refractivity contribution in [2.75, 3.05) is 6.54 Å². The highest BCUT2D eigenvalue weighted by Crippen LogP contribution is 2.29. The molecule has 90 valence electrons. The van der Waals surface area contributed by atoms with Crippen molar-refractivity contribution in [3.63, 3.8) is 0 Å². The van der Waals surface area contributed by atoms with Crippen LogP contribution in [0.25, 0.3) is 11.4 Å². The first-order chi connectivity index (χ1) is 8.11. The van der Waals surface area contributed by atoms with Gasteiger partial charge in [-0.15, -0.1) is 11.3 Å². The van der Waals surface area contributed by atoms with Gasteiger partial charge in [-0.25, -0.2) is 9.37 Å². The Kier molecular flexibility index (Phi) is 3.49. The third-order valence-corrected chi connectivity index (χ3v) is 3.76. The molecule has 0 radical (unpaired) electrons. The number of nitrogens with zero attached hydrogens (tertiary/aromatic N) is 2. The summed E-state index contributed by atoms with van der Waals surface area (Å²) in [6.07, 6.45) is 1.21. The molecule has 0 aliphatic carbocycles. The summed E-state index contributed by atoms with van der Waals surface area (Å²) in [6, 6.07) is 3.04. The van der Waals surface area contributed by atoms with Crippen molar-refractivity contribution in [3.8, 4) is 11.4 Å². The van der Waals surface area contributed by atoms with Gasteiger partial charge in [0.1, 0.15) is 11.5 Å². The average Bonchev–Trinajstić information content (AvgIpc) is 2.71. The molecule has 1 unspecified atom stereocenters. The van der Waals surface area contributed by atoms with Crippen molar-refractivity contribution in [2.24, 2.45) is 5.73 Å². The van der Waals surface area contributed by atoms with Gasteiger partial charge in [0.25, 0.3) is 0 Å². The second kappa shape index (κ2) is 4.89. The van der Waals surface area contributed by atoms with Crippen LogP contribution in [0.2, 0.25) is 0 Å². The molecule has 1 atom stereocenters. The Morgan fingerprint density at radius 3 is 2.82 bits per heavy atom. The van der Waals surface area contributed by atoms with Crippen molar-refractivity contribution in [3.05, 3.63) is 34.0 Å². The lowest BCUT2D eigenvalue weighted by Gasteiger charge is -2.01. The van der Waals surface area contributed by atoms with E-state index in [0.29, 0.717) is 12.2 Å². The maximum atomic E-state index is 12.8. The normalized spacial score (nSPS) is 12.7. The molecule has 2 heterocycles. The number of thiazole rings is 1. The fourth-order valence-electron chi connectivity index (χ4n) is 1.48. The molecule has 0 aliphatic rings. The molecule has 0 aliphatic heterocycles. The number of aromatic nitrogens is 2. The summed E-state index contributed by atoms with van der Waals surface area (Å²) >= 11 is 1.62. The fraction of sp³-hybridized carbons (Fsp3) is 0.333. The van der Waals surface area contributed by atoms with E-state index in [2.05, 4.69) is 9.97 Å². The van der Waals surface area contributed by atoms with Gasteiger partial charge in [0.2, 0.25) is 0 Å². The minimum absolute atomic E-state index is 0.243. The molecular formula is C12H14FN3S. The number of rotatable bonds is 3. The predicted molar refractivity (Wildman–Crippen MR) is 67.5 cm³/mol. The zero-order valence-corrected chi connectivity index (χ0v) is 10.6. The van der Waals surface area contributed by atoms with Crippen LogP contribution in [-0.2, 0) is 0 Å². The molecule has 3 nitrogen and oxygen atoms in total. The van der Waals surface area contributed by atoms with Crippen molar-refractivity contribution >= 4 is 11.3 Å². The van der Waals surface area contributed by atoms with E-state index in [4.69, 9.17) is 5.73 Å². The Bertz CT molecular complexity index is 507. The van der Waals surface area contributed by atoms with Gasteiger partial charge in [0.05, 0.1) is 16.9 Å². The van der Waals surface area contributed by atoms with Crippen LogP contribution >= 0.6 is 11.3 Å². The first-order valence-electron chi connectivity index (χ1n) is 5.41. The first kappa shape index (κ1) is 12.1. The molecule has 17 heavy (non-hydrogen) atoms. The van der Waals surface area contributed by atoms with E-state index in [9.17, 15) is 4.39 Å². The third-order valence-electron chi connectivity index (χ3n) is 2.56. The minimum Gasteiger partial charge on any atom is -0.330 e. The molecule has 0 saturated carbocycles. The maximum Gasteiger partial charge on any atom is 0.141 e. The van der Waals surface area contributed by atoms with Gasteiger partial charge < -0.3 is 5.73 Å². The lowest BCUT2D eigenvalue weighted by Crippen LogP contribution is -2.08. The standard InChI is InChI=1S/C12H14FN3S/c1-7(5-14)12-16-11(8(2)17-12)10-4-3-9(13)6-15-10/h3-4,6-7H,5,14H2,1-2H3. The second-order valence-electron chi connectivity index (χ2n) is 3.96. The first-order valence-corrected chi connectivity index (χ1v) is 6.22. The topological polar surface area (TPSA) is 51.8 Å². The van der Waals surface area contributed by atoms with Crippen LogP contribution in [0.4, 0.5) is 4.39 Å². The van der Waals surface area contributed by atoms with Gasteiger partial charge in [0.15, 0.2) is 0 Å². The number of hydrogen-bond donors (Lipinski definition) is 1. The third kappa shape index (κ3) is 2.50. The lowest BCUT2D eigenvalue weighted by atomic mass is 10.2. The molecule has 2 aromatic heterocycles. The number of halogens is 1. The number of hydrogen-bond acceptors (Lipinski definition) is 4. The van der Waals surface area contributed by atoms with Crippen LogP contribution in [0, 0.1) is 12.7 Å². The van der Waals surface area contributed by atoms with E-state index >= 15 is 0 Å². The van der Waals surface area contributed by atoms with Crippen LogP contribution in [0.5, 0.6) is 0 Å². The summed E-state index contributed by atoms with van der Waals surface area (Å²) in [4.78, 5) is 9.66. The molecular weight excluding hydrogens is 237 g/mol. The van der Waals surface area contributed by atoms with E-state index in [1.807, 2.05) is 13.8 Å². The van der Waals surface area contributed by atoms with Gasteiger partial charge in [-0.1, -0.05) is 6.92 Å². The van der Waals surface area contributed by atoms with Gasteiger partial charge in [0, 0.05) is 17.3 Å². The molecule has 0 bridgehead atoms. The zero-order chi connectivity index (χ0) is 12.4. The molecule has 2 N–H and O–H groups in total. The molecule has 5 heteroatoms. The van der Waals surface area contributed by atoms with Crippen LogP contribution < -0.4 is 5.73 Å². The molecule has 0 fully saturated rings. The van der Waals surface area contributed by atoms with Crippen LogP contribution in [-0.4, -0.2) is 16.5 Å². The van der Waals surface area contributed by atoms with E-state index < -0.39 is 0 Å². The molecule has 2 aromatic rings. The van der Waals surface area contributed by atoms with Crippen molar-refractivity contribution in [1.82, 2.24) is 9.97 Å². The van der Waals surface area contributed by atoms with Crippen molar-refractivity contribution in [1.29, 1.82) is 0 Å². The van der Waals surface area contributed by atoms with Crippen molar-refractivity contribution in [2.45, 2.75) is 19.8 Å². The Labute approximate surface area is 104 Å². The van der Waals surface area contributed by atoms with E-state index in [0.717, 1.165) is 15.6 Å². The lowest BCUT2D eigenvalue weighted by molar-refractivity contribution is 0.622. The Morgan fingerprint density at radius 1 is 1.47 bits per heavy atom. The quantitative estimate of drug-likeness (QED) is 0.912. The van der Waals surface area contributed by atoms with Gasteiger partial charge >= 0.3 is 0 Å². The molecule has 0 amide bonds. The van der Waals surface area contributed by atoms with Crippen LogP contribution in [0.1, 0.15) is 22.7 Å². The van der Waals surface area contributed by atoms with E-state index in [-0.39, 0.29) is 11.7 Å². The summed E-state index contributed by atoms with van der Waals surface area (Å²) in [7, 11) is 0. The molecule has 0 aromatic carbocycles. The van der Waals surface area contributed by atoms with E-state index in [1.54, 1.807) is 17.4 Å². The summed E-state index contributed by atoms with van der Waals surface area (Å²) in [5.74, 6) is -0.0925. The largest absolute Gasteiger partial charge is 0.330 e. The Hall–Kier alpha value is -1.33. The summed E-state index contributed by atoms with van der Waals surface area (Å²) in [5.41, 5.74) is 7.15. The Morgan fingerprint density at radius 2 is 2.24 bits per heavy atom. The van der Waals surface area contributed by atoms with Gasteiger partial charge in [-0.3, -0.25) is 4.98 Å². The van der Waals surface area contributed by atoms with E-state index in [1.165, 1.54) is 12.3 Å². The number of pyridine rings is 1. The highest BCUT2D eigenvalue weighted by Gasteiger charge is 2.14. The second-order valence-corrected chi connectivity index (χ2v) is 5.19. The summed E-state index contributed by atoms with van der Waals surface area (Å²) in [6.45, 7) is 4.61. The SMILES string of the molecule is Cc1sc(C(C)CN)nc1-c1ccc(F)cn1. The monoisotopic (exact) mass is 251 g/mol. The average molecular weight is 251 g/mol. The fourth-order valence-corrected chi connectivity index (χ4v) is 2.48. The number of aryl methyl sites for hydroxylation is 1. The molecule has 0 spiro atoms. The van der Waals surface area contributed by atoms with Crippen molar-refractivity contribution < 1.29 is 4.39 Å². The predicted octanol–water partition coefficient (Wildman–Crippen LogP) is 2.71. The molecule has 0 saturated heterocycles. The molecule has 2 rings (SSSR count). The number of nitrogens with two attached hydrogens (primary N) is 1. The maximum absolute atomic E-state index is 12.8. The summed E-state index contributed by atoms with van der Waals surface area (Å²) in [5, 5.41) is 1.01. The highest BCUT2D eigenvalue weighted by atomic mass is 32.1. The van der Waals surface area contributed by atoms with Crippen LogP contribution in [0.15, 0.2) is 18.3 Å². The zero-order valence-electron chi connectivity index (χ0n) is 9.77. The van der Waals surface area contributed by atoms with Crippen LogP contribution in [0.3, 0.4) is 0 Å². The minimum atomic E-state index is -0.336. The van der Waals surface area contributed by atoms with Gasteiger partial charge in [-0.05, 0) is 19.1 Å². The smallest absolute Gasteiger partial charge is 0.141 e.